The summed E-state index contributed by atoms with van der Waals surface area (Å²) in [6, 6.07) is 9.05. The average Bonchev–Trinajstić information content (AvgIpc) is 2.67. The molecule has 0 aliphatic carbocycles. The van der Waals surface area contributed by atoms with Crippen LogP contribution in [0.2, 0.25) is 0 Å². The summed E-state index contributed by atoms with van der Waals surface area (Å²) in [7, 11) is 0. The molecule has 2 saturated heterocycles. The third kappa shape index (κ3) is 2.43. The molecule has 94 valence electrons. The number of benzene rings is 1. The van der Waals surface area contributed by atoms with Crippen LogP contribution in [0.1, 0.15) is 36.8 Å². The van der Waals surface area contributed by atoms with Crippen molar-refractivity contribution in [1.82, 2.24) is 5.32 Å². The van der Waals surface area contributed by atoms with Crippen LogP contribution in [0, 0.1) is 18.8 Å². The molecule has 1 aromatic rings. The van der Waals surface area contributed by atoms with Crippen LogP contribution in [0.3, 0.4) is 0 Å². The molecule has 2 nitrogen and oxygen atoms in total. The Kier molecular flexibility index (Phi) is 2.89. The van der Waals surface area contributed by atoms with Crippen LogP contribution in [-0.4, -0.2) is 22.8 Å². The molecule has 3 atom stereocenters. The van der Waals surface area contributed by atoms with Gasteiger partial charge < -0.3 is 10.4 Å². The summed E-state index contributed by atoms with van der Waals surface area (Å²) >= 11 is 0. The normalized spacial score (nSPS) is 33.9. The van der Waals surface area contributed by atoms with Gasteiger partial charge in [0.1, 0.15) is 5.60 Å². The Bertz CT molecular complexity index is 499. The third-order valence-corrected chi connectivity index (χ3v) is 3.96. The Balaban J connectivity index is 1.80. The molecule has 2 bridgehead atoms. The van der Waals surface area contributed by atoms with Crippen molar-refractivity contribution in [2.24, 2.45) is 0 Å². The second-order valence-electron chi connectivity index (χ2n) is 5.70. The highest BCUT2D eigenvalue weighted by molar-refractivity contribution is 5.38. The molecule has 0 spiro atoms. The summed E-state index contributed by atoms with van der Waals surface area (Å²) in [6.07, 6.45) is 3.89. The second-order valence-corrected chi connectivity index (χ2v) is 5.70. The first-order chi connectivity index (χ1) is 8.63. The zero-order valence-corrected chi connectivity index (χ0v) is 10.7. The van der Waals surface area contributed by atoms with E-state index in [0.717, 1.165) is 18.4 Å². The maximum Gasteiger partial charge on any atom is 0.128 e. The molecule has 0 saturated carbocycles. The molecule has 3 rings (SSSR count). The topological polar surface area (TPSA) is 32.3 Å². The summed E-state index contributed by atoms with van der Waals surface area (Å²) in [5.41, 5.74) is 1.41. The summed E-state index contributed by atoms with van der Waals surface area (Å²) in [6.45, 7) is 2.06. The summed E-state index contributed by atoms with van der Waals surface area (Å²) in [5, 5.41) is 14.1. The number of fused-ring (bicyclic) bond motifs is 2. The highest BCUT2D eigenvalue weighted by Crippen LogP contribution is 2.33. The van der Waals surface area contributed by atoms with E-state index in [-0.39, 0.29) is 0 Å². The van der Waals surface area contributed by atoms with Gasteiger partial charge >= 0.3 is 0 Å². The van der Waals surface area contributed by atoms with Gasteiger partial charge in [0.2, 0.25) is 0 Å². The van der Waals surface area contributed by atoms with Crippen LogP contribution in [0.25, 0.3) is 0 Å². The SMILES string of the molecule is Cc1cccc(C#CC2(O)C[C@H]3CC[C@@H](C2)N3)c1. The molecule has 2 heterocycles. The predicted molar refractivity (Wildman–Crippen MR) is 72.2 cm³/mol. The van der Waals surface area contributed by atoms with Crippen LogP contribution in [0.5, 0.6) is 0 Å². The fraction of sp³-hybridized carbons (Fsp3) is 0.500. The van der Waals surface area contributed by atoms with Gasteiger partial charge in [-0.05, 0) is 37.5 Å². The van der Waals surface area contributed by atoms with Gasteiger partial charge in [-0.1, -0.05) is 24.0 Å². The molecular weight excluding hydrogens is 222 g/mol. The zero-order chi connectivity index (χ0) is 12.6. The smallest absolute Gasteiger partial charge is 0.128 e. The lowest BCUT2D eigenvalue weighted by Gasteiger charge is -2.33. The Morgan fingerprint density at radius 1 is 1.28 bits per heavy atom. The number of hydrogen-bond donors (Lipinski definition) is 2. The lowest BCUT2D eigenvalue weighted by molar-refractivity contribution is 0.0480. The maximum atomic E-state index is 10.6. The van der Waals surface area contributed by atoms with E-state index in [1.165, 1.54) is 18.4 Å². The van der Waals surface area contributed by atoms with Crippen molar-refractivity contribution in [3.63, 3.8) is 0 Å². The first kappa shape index (κ1) is 11.8. The van der Waals surface area contributed by atoms with Crippen molar-refractivity contribution in [1.29, 1.82) is 0 Å². The molecule has 0 amide bonds. The van der Waals surface area contributed by atoms with Gasteiger partial charge in [0.05, 0.1) is 0 Å². The first-order valence-corrected chi connectivity index (χ1v) is 6.71. The van der Waals surface area contributed by atoms with E-state index in [1.54, 1.807) is 0 Å². The standard InChI is InChI=1S/C16H19NO/c1-12-3-2-4-13(9-12)7-8-16(18)10-14-5-6-15(11-16)17-14/h2-4,9,14-15,17-18H,5-6,10-11H2,1H3/t14-,15+,16?. The minimum Gasteiger partial charge on any atom is -0.377 e. The van der Waals surface area contributed by atoms with Crippen molar-refractivity contribution >= 4 is 0 Å². The van der Waals surface area contributed by atoms with Gasteiger partial charge in [-0.3, -0.25) is 0 Å². The van der Waals surface area contributed by atoms with Crippen molar-refractivity contribution < 1.29 is 5.11 Å². The number of nitrogens with one attached hydrogen (secondary N) is 1. The van der Waals surface area contributed by atoms with E-state index in [4.69, 9.17) is 0 Å². The number of aliphatic hydroxyl groups is 1. The minimum absolute atomic E-state index is 0.459. The number of rotatable bonds is 0. The summed E-state index contributed by atoms with van der Waals surface area (Å²) in [5.74, 6) is 6.24. The summed E-state index contributed by atoms with van der Waals surface area (Å²) in [4.78, 5) is 0. The van der Waals surface area contributed by atoms with Crippen molar-refractivity contribution in [3.8, 4) is 11.8 Å². The fourth-order valence-electron chi connectivity index (χ4n) is 3.14. The van der Waals surface area contributed by atoms with Gasteiger partial charge in [0, 0.05) is 30.5 Å². The molecule has 0 aromatic heterocycles. The molecule has 0 radical (unpaired) electrons. The Morgan fingerprint density at radius 2 is 2.00 bits per heavy atom. The third-order valence-electron chi connectivity index (χ3n) is 3.96. The average molecular weight is 241 g/mol. The monoisotopic (exact) mass is 241 g/mol. The molecule has 1 unspecified atom stereocenters. The largest absolute Gasteiger partial charge is 0.377 e. The molecule has 2 heteroatoms. The van der Waals surface area contributed by atoms with Crippen LogP contribution in [-0.2, 0) is 0 Å². The first-order valence-electron chi connectivity index (χ1n) is 6.71. The van der Waals surface area contributed by atoms with E-state index in [1.807, 2.05) is 12.1 Å². The lowest BCUT2D eigenvalue weighted by Crippen LogP contribution is -2.47. The van der Waals surface area contributed by atoms with Crippen molar-refractivity contribution in [3.05, 3.63) is 35.4 Å². The van der Waals surface area contributed by atoms with Gasteiger partial charge in [0.15, 0.2) is 0 Å². The molecular formula is C16H19NO. The van der Waals surface area contributed by atoms with E-state index < -0.39 is 5.60 Å². The van der Waals surface area contributed by atoms with Crippen molar-refractivity contribution in [2.75, 3.05) is 0 Å². The Labute approximate surface area is 108 Å². The highest BCUT2D eigenvalue weighted by Gasteiger charge is 2.41. The van der Waals surface area contributed by atoms with Gasteiger partial charge in [-0.25, -0.2) is 0 Å². The fourth-order valence-corrected chi connectivity index (χ4v) is 3.14. The molecule has 2 aliphatic heterocycles. The maximum absolute atomic E-state index is 10.6. The zero-order valence-electron chi connectivity index (χ0n) is 10.7. The van der Waals surface area contributed by atoms with Gasteiger partial charge in [0.25, 0.3) is 0 Å². The van der Waals surface area contributed by atoms with Crippen LogP contribution < -0.4 is 5.32 Å². The lowest BCUT2D eigenvalue weighted by atomic mass is 9.88. The summed E-state index contributed by atoms with van der Waals surface area (Å²) < 4.78 is 0. The molecule has 2 aliphatic rings. The quantitative estimate of drug-likeness (QED) is 0.681. The Hall–Kier alpha value is -1.30. The van der Waals surface area contributed by atoms with E-state index in [2.05, 4.69) is 36.2 Å². The van der Waals surface area contributed by atoms with E-state index >= 15 is 0 Å². The van der Waals surface area contributed by atoms with E-state index in [9.17, 15) is 5.11 Å². The molecule has 2 fully saturated rings. The number of aryl methyl sites for hydroxylation is 1. The van der Waals surface area contributed by atoms with Crippen LogP contribution in [0.15, 0.2) is 24.3 Å². The number of hydrogen-bond acceptors (Lipinski definition) is 2. The Morgan fingerprint density at radius 3 is 2.67 bits per heavy atom. The second kappa shape index (κ2) is 4.42. The van der Waals surface area contributed by atoms with Gasteiger partial charge in [-0.2, -0.15) is 0 Å². The number of piperidine rings is 1. The minimum atomic E-state index is -0.791. The molecule has 1 aromatic carbocycles. The highest BCUT2D eigenvalue weighted by atomic mass is 16.3. The van der Waals surface area contributed by atoms with Crippen molar-refractivity contribution in [2.45, 2.75) is 50.3 Å². The van der Waals surface area contributed by atoms with Gasteiger partial charge in [-0.15, -0.1) is 0 Å². The molecule has 2 N–H and O–H groups in total. The molecule has 18 heavy (non-hydrogen) atoms. The predicted octanol–water partition coefficient (Wildman–Crippen LogP) is 1.99. The van der Waals surface area contributed by atoms with Crippen LogP contribution in [0.4, 0.5) is 0 Å². The van der Waals surface area contributed by atoms with E-state index in [0.29, 0.717) is 12.1 Å². The van der Waals surface area contributed by atoms with Crippen LogP contribution >= 0.6 is 0 Å².